The van der Waals surface area contributed by atoms with E-state index >= 15 is 0 Å². The smallest absolute Gasteiger partial charge is 0.197 e. The number of nitrogens with zero attached hydrogens (tertiary/aromatic N) is 1. The highest BCUT2D eigenvalue weighted by Gasteiger charge is 2.15. The zero-order valence-corrected chi connectivity index (χ0v) is 11.1. The van der Waals surface area contributed by atoms with Gasteiger partial charge in [0.25, 0.3) is 0 Å². The highest BCUT2D eigenvalue weighted by molar-refractivity contribution is 6.31. The third-order valence-electron chi connectivity index (χ3n) is 3.03. The van der Waals surface area contributed by atoms with Crippen LogP contribution in [0.25, 0.3) is 10.9 Å². The van der Waals surface area contributed by atoms with E-state index in [0.29, 0.717) is 10.6 Å². The number of carbonyl (C=O) groups is 1. The van der Waals surface area contributed by atoms with Crippen LogP contribution in [-0.4, -0.2) is 10.8 Å². The van der Waals surface area contributed by atoms with Crippen molar-refractivity contribution in [3.63, 3.8) is 0 Å². The van der Waals surface area contributed by atoms with Crippen LogP contribution < -0.4 is 0 Å². The van der Waals surface area contributed by atoms with Gasteiger partial charge in [-0.3, -0.25) is 9.78 Å². The molecule has 0 spiro atoms. The molecule has 0 amide bonds. The lowest BCUT2D eigenvalue weighted by atomic mass is 10.0. The largest absolute Gasteiger partial charge is 0.288 e. The second-order valence-corrected chi connectivity index (χ2v) is 4.81. The molecule has 20 heavy (non-hydrogen) atoms. The Bertz CT molecular complexity index is 816. The van der Waals surface area contributed by atoms with Crippen LogP contribution in [0.5, 0.6) is 0 Å². The Labute approximate surface area is 119 Å². The molecule has 2 nitrogen and oxygen atoms in total. The van der Waals surface area contributed by atoms with Crippen LogP contribution in [0.15, 0.2) is 54.7 Å². The summed E-state index contributed by atoms with van der Waals surface area (Å²) >= 11 is 5.81. The summed E-state index contributed by atoms with van der Waals surface area (Å²) in [6, 6.07) is 13.1. The van der Waals surface area contributed by atoms with Crippen LogP contribution in [0.1, 0.15) is 15.9 Å². The molecule has 1 heterocycles. The number of ketones is 1. The first kappa shape index (κ1) is 12.8. The number of benzene rings is 2. The van der Waals surface area contributed by atoms with Gasteiger partial charge in [0.05, 0.1) is 11.1 Å². The Hall–Kier alpha value is -2.26. The number of carbonyl (C=O) groups excluding carboxylic acids is 1. The van der Waals surface area contributed by atoms with Gasteiger partial charge in [0.15, 0.2) is 5.78 Å². The van der Waals surface area contributed by atoms with Crippen molar-refractivity contribution < 1.29 is 9.18 Å². The SMILES string of the molecule is O=C(c1cnc2ccccc2c1)c1cc(Cl)ccc1F. The number of para-hydroxylation sites is 1. The first-order valence-corrected chi connectivity index (χ1v) is 6.37. The first-order valence-electron chi connectivity index (χ1n) is 6.00. The van der Waals surface area contributed by atoms with Crippen molar-refractivity contribution in [1.82, 2.24) is 4.98 Å². The van der Waals surface area contributed by atoms with Crippen molar-refractivity contribution in [2.45, 2.75) is 0 Å². The van der Waals surface area contributed by atoms with Crippen molar-refractivity contribution in [3.8, 4) is 0 Å². The molecule has 0 N–H and O–H groups in total. The van der Waals surface area contributed by atoms with Crippen LogP contribution in [0, 0.1) is 5.82 Å². The Balaban J connectivity index is 2.10. The Morgan fingerprint density at radius 2 is 1.90 bits per heavy atom. The van der Waals surface area contributed by atoms with E-state index in [4.69, 9.17) is 11.6 Å². The van der Waals surface area contributed by atoms with Gasteiger partial charge in [0.2, 0.25) is 0 Å². The standard InChI is InChI=1S/C16H9ClFNO/c17-12-5-6-14(18)13(8-12)16(20)11-7-10-3-1-2-4-15(10)19-9-11/h1-9H. The fourth-order valence-corrected chi connectivity index (χ4v) is 2.19. The molecule has 0 radical (unpaired) electrons. The minimum atomic E-state index is -0.590. The average molecular weight is 286 g/mol. The number of aromatic nitrogens is 1. The normalized spacial score (nSPS) is 10.7. The van der Waals surface area contributed by atoms with Crippen LogP contribution in [0.3, 0.4) is 0 Å². The van der Waals surface area contributed by atoms with E-state index < -0.39 is 11.6 Å². The molecule has 3 rings (SSSR count). The van der Waals surface area contributed by atoms with E-state index in [0.717, 1.165) is 10.9 Å². The van der Waals surface area contributed by atoms with Gasteiger partial charge >= 0.3 is 0 Å². The molecule has 0 unspecified atom stereocenters. The Morgan fingerprint density at radius 1 is 1.10 bits per heavy atom. The summed E-state index contributed by atoms with van der Waals surface area (Å²) < 4.78 is 13.7. The number of fused-ring (bicyclic) bond motifs is 1. The highest BCUT2D eigenvalue weighted by Crippen LogP contribution is 2.20. The van der Waals surface area contributed by atoms with Gasteiger partial charge in [-0.2, -0.15) is 0 Å². The summed E-state index contributed by atoms with van der Waals surface area (Å²) in [5.41, 5.74) is 1.08. The molecule has 0 saturated heterocycles. The minimum Gasteiger partial charge on any atom is -0.288 e. The maximum atomic E-state index is 13.7. The van der Waals surface area contributed by atoms with Crippen molar-refractivity contribution in [2.24, 2.45) is 0 Å². The third-order valence-corrected chi connectivity index (χ3v) is 3.26. The summed E-state index contributed by atoms with van der Waals surface area (Å²) in [6.45, 7) is 0. The lowest BCUT2D eigenvalue weighted by Gasteiger charge is -2.04. The quantitative estimate of drug-likeness (QED) is 0.659. The summed E-state index contributed by atoms with van der Waals surface area (Å²) in [7, 11) is 0. The van der Waals surface area contributed by atoms with E-state index in [1.165, 1.54) is 24.4 Å². The maximum absolute atomic E-state index is 13.7. The molecule has 3 aromatic rings. The molecule has 0 saturated carbocycles. The number of halogens is 2. The molecule has 0 fully saturated rings. The van der Waals surface area contributed by atoms with Crippen molar-refractivity contribution >= 4 is 28.3 Å². The second-order valence-electron chi connectivity index (χ2n) is 4.37. The van der Waals surface area contributed by atoms with E-state index in [-0.39, 0.29) is 5.56 Å². The van der Waals surface area contributed by atoms with E-state index in [2.05, 4.69) is 4.98 Å². The Morgan fingerprint density at radius 3 is 2.75 bits per heavy atom. The second kappa shape index (κ2) is 5.02. The van der Waals surface area contributed by atoms with Gasteiger partial charge < -0.3 is 0 Å². The summed E-state index contributed by atoms with van der Waals surface area (Å²) in [5, 5.41) is 1.16. The molecule has 1 aromatic heterocycles. The predicted molar refractivity (Wildman–Crippen MR) is 76.6 cm³/mol. The van der Waals surface area contributed by atoms with Gasteiger partial charge in [-0.1, -0.05) is 29.8 Å². The highest BCUT2D eigenvalue weighted by atomic mass is 35.5. The molecular weight excluding hydrogens is 277 g/mol. The van der Waals surface area contributed by atoms with Gasteiger partial charge in [0, 0.05) is 22.2 Å². The zero-order valence-electron chi connectivity index (χ0n) is 10.3. The van der Waals surface area contributed by atoms with Gasteiger partial charge in [-0.05, 0) is 30.3 Å². The van der Waals surface area contributed by atoms with Crippen molar-refractivity contribution in [2.75, 3.05) is 0 Å². The number of pyridine rings is 1. The van der Waals surface area contributed by atoms with E-state index in [1.807, 2.05) is 24.3 Å². The number of hydrogen-bond donors (Lipinski definition) is 0. The molecule has 0 atom stereocenters. The van der Waals surface area contributed by atoms with E-state index in [1.54, 1.807) is 6.07 Å². The summed E-state index contributed by atoms with van der Waals surface area (Å²) in [6.07, 6.45) is 1.45. The van der Waals surface area contributed by atoms with Gasteiger partial charge in [-0.15, -0.1) is 0 Å². The van der Waals surface area contributed by atoms with Gasteiger partial charge in [0.1, 0.15) is 5.82 Å². The third kappa shape index (κ3) is 2.28. The fraction of sp³-hybridized carbons (Fsp3) is 0. The van der Waals surface area contributed by atoms with Crippen LogP contribution >= 0.6 is 11.6 Å². The molecule has 0 bridgehead atoms. The monoisotopic (exact) mass is 285 g/mol. The topological polar surface area (TPSA) is 30.0 Å². The first-order chi connectivity index (χ1) is 9.65. The molecule has 4 heteroatoms. The molecule has 0 aliphatic rings. The van der Waals surface area contributed by atoms with Crippen LogP contribution in [-0.2, 0) is 0 Å². The Kier molecular flexibility index (Phi) is 3.20. The number of rotatable bonds is 2. The van der Waals surface area contributed by atoms with Crippen molar-refractivity contribution in [1.29, 1.82) is 0 Å². The summed E-state index contributed by atoms with van der Waals surface area (Å²) in [5.74, 6) is -1.02. The lowest BCUT2D eigenvalue weighted by Crippen LogP contribution is -2.05. The molecule has 98 valence electrons. The number of hydrogen-bond acceptors (Lipinski definition) is 2. The lowest BCUT2D eigenvalue weighted by molar-refractivity contribution is 0.103. The molecule has 0 aliphatic carbocycles. The van der Waals surface area contributed by atoms with Crippen molar-refractivity contribution in [3.05, 3.63) is 76.7 Å². The average Bonchev–Trinajstić information content (AvgIpc) is 2.48. The molecule has 0 aliphatic heterocycles. The predicted octanol–water partition coefficient (Wildman–Crippen LogP) is 4.26. The molecule has 2 aromatic carbocycles. The maximum Gasteiger partial charge on any atom is 0.197 e. The molecular formula is C16H9ClFNO. The van der Waals surface area contributed by atoms with Gasteiger partial charge in [-0.25, -0.2) is 4.39 Å². The van der Waals surface area contributed by atoms with Crippen LogP contribution in [0.4, 0.5) is 4.39 Å². The zero-order chi connectivity index (χ0) is 14.1. The fourth-order valence-electron chi connectivity index (χ4n) is 2.02. The minimum absolute atomic E-state index is 0.0467. The summed E-state index contributed by atoms with van der Waals surface area (Å²) in [4.78, 5) is 16.5. The van der Waals surface area contributed by atoms with Crippen LogP contribution in [0.2, 0.25) is 5.02 Å². The van der Waals surface area contributed by atoms with E-state index in [9.17, 15) is 9.18 Å².